The summed E-state index contributed by atoms with van der Waals surface area (Å²) < 4.78 is 0. The molecule has 206 valence electrons. The van der Waals surface area contributed by atoms with Gasteiger partial charge in [-0.2, -0.15) is 0 Å². The number of hydrogen-bond acceptors (Lipinski definition) is 7. The second-order valence-corrected chi connectivity index (χ2v) is 13.6. The van der Waals surface area contributed by atoms with Crippen molar-refractivity contribution in [3.8, 4) is 0 Å². The zero-order valence-corrected chi connectivity index (χ0v) is 22.8. The molecular formula is C29H48O7. The predicted molar refractivity (Wildman–Crippen MR) is 136 cm³/mol. The summed E-state index contributed by atoms with van der Waals surface area (Å²) in [6.45, 7) is 11.5. The van der Waals surface area contributed by atoms with E-state index in [-0.39, 0.29) is 30.0 Å². The number of aliphatic hydroxyl groups is 6. The summed E-state index contributed by atoms with van der Waals surface area (Å²) in [5.74, 6) is -1.12. The van der Waals surface area contributed by atoms with Crippen molar-refractivity contribution in [2.45, 2.75) is 122 Å². The van der Waals surface area contributed by atoms with Crippen molar-refractivity contribution < 1.29 is 35.4 Å². The number of fused-ring (bicyclic) bond motifs is 5. The van der Waals surface area contributed by atoms with E-state index < -0.39 is 58.3 Å². The van der Waals surface area contributed by atoms with Crippen molar-refractivity contribution in [2.75, 3.05) is 0 Å². The number of aliphatic hydroxyl groups excluding tert-OH is 4. The first-order valence-corrected chi connectivity index (χ1v) is 14.0. The van der Waals surface area contributed by atoms with Gasteiger partial charge in [0, 0.05) is 11.3 Å². The number of allylic oxidation sites excluding steroid dienone is 1. The van der Waals surface area contributed by atoms with Gasteiger partial charge in [0.05, 0.1) is 29.5 Å². The van der Waals surface area contributed by atoms with E-state index in [4.69, 9.17) is 0 Å². The molecule has 7 nitrogen and oxygen atoms in total. The number of hydrogen-bond donors (Lipinski definition) is 6. The van der Waals surface area contributed by atoms with Crippen LogP contribution in [0.4, 0.5) is 0 Å². The highest BCUT2D eigenvalue weighted by molar-refractivity contribution is 5.95. The maximum atomic E-state index is 13.3. The molecule has 12 atom stereocenters. The third-order valence-corrected chi connectivity index (χ3v) is 11.5. The maximum Gasteiger partial charge on any atom is 0.159 e. The highest BCUT2D eigenvalue weighted by atomic mass is 16.4. The van der Waals surface area contributed by atoms with Crippen LogP contribution < -0.4 is 0 Å². The number of ketones is 1. The fourth-order valence-corrected chi connectivity index (χ4v) is 9.20. The normalized spacial score (nSPS) is 46.8. The summed E-state index contributed by atoms with van der Waals surface area (Å²) in [7, 11) is 0. The number of rotatable bonds is 6. The third-order valence-electron chi connectivity index (χ3n) is 11.5. The largest absolute Gasteiger partial charge is 0.390 e. The van der Waals surface area contributed by atoms with Gasteiger partial charge >= 0.3 is 0 Å². The van der Waals surface area contributed by atoms with Crippen molar-refractivity contribution in [3.63, 3.8) is 0 Å². The smallest absolute Gasteiger partial charge is 0.159 e. The van der Waals surface area contributed by atoms with E-state index in [1.165, 1.54) is 0 Å². The monoisotopic (exact) mass is 508 g/mol. The van der Waals surface area contributed by atoms with Crippen molar-refractivity contribution in [1.82, 2.24) is 0 Å². The van der Waals surface area contributed by atoms with E-state index in [0.29, 0.717) is 44.1 Å². The first-order valence-electron chi connectivity index (χ1n) is 14.0. The zero-order valence-electron chi connectivity index (χ0n) is 22.8. The van der Waals surface area contributed by atoms with Gasteiger partial charge in [0.1, 0.15) is 6.10 Å². The Balaban J connectivity index is 1.69. The lowest BCUT2D eigenvalue weighted by Crippen LogP contribution is -2.64. The fraction of sp³-hybridized carbons (Fsp3) is 0.897. The van der Waals surface area contributed by atoms with E-state index in [0.717, 1.165) is 0 Å². The molecule has 3 saturated carbocycles. The molecule has 6 N–H and O–H groups in total. The third kappa shape index (κ3) is 3.79. The Morgan fingerprint density at radius 2 is 1.72 bits per heavy atom. The average Bonchev–Trinajstić information content (AvgIpc) is 3.07. The molecule has 4 aliphatic carbocycles. The lowest BCUT2D eigenvalue weighted by atomic mass is 9.45. The van der Waals surface area contributed by atoms with Crippen LogP contribution in [0.3, 0.4) is 0 Å². The summed E-state index contributed by atoms with van der Waals surface area (Å²) in [6, 6.07) is 0. The average molecular weight is 509 g/mol. The number of carbonyl (C=O) groups is 1. The quantitative estimate of drug-likeness (QED) is 0.324. The van der Waals surface area contributed by atoms with Gasteiger partial charge in [-0.25, -0.2) is 0 Å². The lowest BCUT2D eigenvalue weighted by Gasteiger charge is -2.60. The zero-order chi connectivity index (χ0) is 27.0. The van der Waals surface area contributed by atoms with Crippen LogP contribution in [0.15, 0.2) is 11.6 Å². The molecule has 4 aliphatic rings. The van der Waals surface area contributed by atoms with Crippen molar-refractivity contribution >= 4 is 5.78 Å². The molecule has 12 unspecified atom stereocenters. The van der Waals surface area contributed by atoms with Crippen molar-refractivity contribution in [2.24, 2.45) is 40.4 Å². The Morgan fingerprint density at radius 3 is 2.31 bits per heavy atom. The topological polar surface area (TPSA) is 138 Å². The minimum Gasteiger partial charge on any atom is -0.390 e. The lowest BCUT2D eigenvalue weighted by molar-refractivity contribution is -0.198. The van der Waals surface area contributed by atoms with E-state index >= 15 is 0 Å². The SMILES string of the molecule is CCC(C(C)C)C(O)C(O)C(C)(O)C1CCC2(O)C3=CC(=O)C4CC(O)C(O)CC4(C)C3CCC12C. The summed E-state index contributed by atoms with van der Waals surface area (Å²) in [5, 5.41) is 67.2. The molecule has 0 amide bonds. The van der Waals surface area contributed by atoms with Crippen LogP contribution in [0, 0.1) is 40.4 Å². The highest BCUT2D eigenvalue weighted by Crippen LogP contribution is 2.68. The van der Waals surface area contributed by atoms with Gasteiger partial charge in [0.2, 0.25) is 0 Å². The highest BCUT2D eigenvalue weighted by Gasteiger charge is 2.69. The predicted octanol–water partition coefficient (Wildman–Crippen LogP) is 2.35. The van der Waals surface area contributed by atoms with Gasteiger partial charge in [0.25, 0.3) is 0 Å². The molecule has 7 heteroatoms. The molecular weight excluding hydrogens is 460 g/mol. The van der Waals surface area contributed by atoms with Crippen LogP contribution in [-0.4, -0.2) is 72.0 Å². The summed E-state index contributed by atoms with van der Waals surface area (Å²) >= 11 is 0. The molecule has 0 aromatic heterocycles. The van der Waals surface area contributed by atoms with Crippen LogP contribution >= 0.6 is 0 Å². The minimum atomic E-state index is -1.63. The Hall–Kier alpha value is -0.830. The van der Waals surface area contributed by atoms with Crippen molar-refractivity contribution in [3.05, 3.63) is 11.6 Å². The Labute approximate surface area is 215 Å². The minimum absolute atomic E-state index is 0.106. The van der Waals surface area contributed by atoms with Crippen LogP contribution in [0.2, 0.25) is 0 Å². The van der Waals surface area contributed by atoms with Gasteiger partial charge in [0.15, 0.2) is 5.78 Å². The molecule has 0 heterocycles. The molecule has 0 bridgehead atoms. The van der Waals surface area contributed by atoms with Gasteiger partial charge < -0.3 is 30.6 Å². The fourth-order valence-electron chi connectivity index (χ4n) is 9.20. The summed E-state index contributed by atoms with van der Waals surface area (Å²) in [4.78, 5) is 13.3. The van der Waals surface area contributed by atoms with Gasteiger partial charge in [-0.15, -0.1) is 0 Å². The maximum absolute atomic E-state index is 13.3. The molecule has 36 heavy (non-hydrogen) atoms. The summed E-state index contributed by atoms with van der Waals surface area (Å²) in [6.07, 6.45) is 0.600. The van der Waals surface area contributed by atoms with Crippen LogP contribution in [0.1, 0.15) is 86.5 Å². The van der Waals surface area contributed by atoms with E-state index in [2.05, 4.69) is 0 Å². The molecule has 0 aromatic rings. The second-order valence-electron chi connectivity index (χ2n) is 13.6. The molecule has 0 saturated heterocycles. The first-order chi connectivity index (χ1) is 16.6. The standard InChI is InChI=1S/C29H48O7/c1-7-16(15(2)3)24(33)25(34)28(6,35)23-9-11-29(36)18-12-20(30)19-13-21(31)22(32)14-26(19,4)17(18)8-10-27(23,29)5/h12,15-17,19,21-25,31-36H,7-11,13-14H2,1-6H3. The molecule has 0 aliphatic heterocycles. The molecule has 0 radical (unpaired) electrons. The molecule has 0 spiro atoms. The van der Waals surface area contributed by atoms with Crippen LogP contribution in [0.25, 0.3) is 0 Å². The Bertz CT molecular complexity index is 898. The van der Waals surface area contributed by atoms with Crippen LogP contribution in [0.5, 0.6) is 0 Å². The summed E-state index contributed by atoms with van der Waals surface area (Å²) in [5.41, 5.74) is -3.63. The molecule has 3 fully saturated rings. The van der Waals surface area contributed by atoms with E-state index in [9.17, 15) is 35.4 Å². The van der Waals surface area contributed by atoms with E-state index in [1.54, 1.807) is 13.0 Å². The molecule has 0 aromatic carbocycles. The van der Waals surface area contributed by atoms with Gasteiger partial charge in [-0.1, -0.05) is 41.0 Å². The Morgan fingerprint density at radius 1 is 1.08 bits per heavy atom. The van der Waals surface area contributed by atoms with Gasteiger partial charge in [-0.05, 0) is 86.2 Å². The second kappa shape index (κ2) is 9.13. The first kappa shape index (κ1) is 28.2. The Kier molecular flexibility index (Phi) is 7.15. The van der Waals surface area contributed by atoms with Crippen molar-refractivity contribution in [1.29, 1.82) is 0 Å². The van der Waals surface area contributed by atoms with Crippen LogP contribution in [-0.2, 0) is 4.79 Å². The van der Waals surface area contributed by atoms with E-state index in [1.807, 2.05) is 34.6 Å². The number of carbonyl (C=O) groups excluding carboxylic acids is 1. The van der Waals surface area contributed by atoms with Gasteiger partial charge in [-0.3, -0.25) is 4.79 Å². The molecule has 4 rings (SSSR count).